The van der Waals surface area contributed by atoms with Gasteiger partial charge in [-0.1, -0.05) is 6.07 Å². The van der Waals surface area contributed by atoms with Gasteiger partial charge in [0.2, 0.25) is 0 Å². The van der Waals surface area contributed by atoms with Gasteiger partial charge >= 0.3 is 0 Å². The van der Waals surface area contributed by atoms with E-state index in [1.807, 2.05) is 12.1 Å². The molecule has 1 aliphatic rings. The van der Waals surface area contributed by atoms with E-state index in [2.05, 4.69) is 0 Å². The maximum absolute atomic E-state index is 12.8. The lowest BCUT2D eigenvalue weighted by molar-refractivity contribution is -0.307. The van der Waals surface area contributed by atoms with Crippen molar-refractivity contribution in [1.82, 2.24) is 0 Å². The van der Waals surface area contributed by atoms with E-state index in [4.69, 9.17) is 14.2 Å². The van der Waals surface area contributed by atoms with Crippen molar-refractivity contribution in [1.29, 1.82) is 0 Å². The number of hydrogen-bond acceptors (Lipinski definition) is 6. The third-order valence-corrected chi connectivity index (χ3v) is 4.39. The Morgan fingerprint density at radius 1 is 1.07 bits per heavy atom. The van der Waals surface area contributed by atoms with Gasteiger partial charge in [0.15, 0.2) is 17.3 Å². The van der Waals surface area contributed by atoms with Crippen molar-refractivity contribution in [2.45, 2.75) is 12.8 Å². The van der Waals surface area contributed by atoms with Crippen LogP contribution in [0, 0.1) is 0 Å². The summed E-state index contributed by atoms with van der Waals surface area (Å²) in [6.07, 6.45) is 3.21. The number of allylic oxidation sites excluding steroid dienone is 1. The second-order valence-corrected chi connectivity index (χ2v) is 6.09. The number of hydrogen-bond donors (Lipinski definition) is 0. The van der Waals surface area contributed by atoms with E-state index < -0.39 is 12.6 Å². The Hall–Kier alpha value is -3.28. The van der Waals surface area contributed by atoms with Crippen LogP contribution in [0.15, 0.2) is 42.0 Å². The molecule has 0 amide bonds. The van der Waals surface area contributed by atoms with Gasteiger partial charge in [0, 0.05) is 11.1 Å². The van der Waals surface area contributed by atoms with Gasteiger partial charge in [-0.05, 0) is 60.4 Å². The molecular formula is C21H19O6-. The van der Waals surface area contributed by atoms with Crippen LogP contribution in [0.25, 0.3) is 6.08 Å². The molecule has 2 aromatic rings. The second-order valence-electron chi connectivity index (χ2n) is 6.09. The predicted octanol–water partition coefficient (Wildman–Crippen LogP) is 2.04. The minimum absolute atomic E-state index is 0.00449. The van der Waals surface area contributed by atoms with E-state index in [9.17, 15) is 14.7 Å². The van der Waals surface area contributed by atoms with Gasteiger partial charge in [-0.3, -0.25) is 4.79 Å². The molecule has 27 heavy (non-hydrogen) atoms. The number of fused-ring (bicyclic) bond motifs is 1. The Balaban J connectivity index is 1.86. The van der Waals surface area contributed by atoms with Gasteiger partial charge in [0.05, 0.1) is 20.2 Å². The fourth-order valence-electron chi connectivity index (χ4n) is 3.05. The maximum atomic E-state index is 12.8. The summed E-state index contributed by atoms with van der Waals surface area (Å²) in [5.74, 6) is 0.114. The first-order valence-corrected chi connectivity index (χ1v) is 8.44. The number of carboxylic acid groups (broad SMARTS) is 1. The largest absolute Gasteiger partial charge is 0.546 e. The van der Waals surface area contributed by atoms with Crippen LogP contribution in [0.3, 0.4) is 0 Å². The molecule has 0 bridgehead atoms. The van der Waals surface area contributed by atoms with Crippen LogP contribution in [0.5, 0.6) is 17.2 Å². The number of aliphatic carboxylic acids is 1. The minimum Gasteiger partial charge on any atom is -0.546 e. The lowest BCUT2D eigenvalue weighted by Crippen LogP contribution is -2.29. The molecule has 0 aromatic heterocycles. The van der Waals surface area contributed by atoms with Crippen LogP contribution in [0.2, 0.25) is 0 Å². The van der Waals surface area contributed by atoms with Crippen LogP contribution in [-0.4, -0.2) is 32.6 Å². The molecule has 0 N–H and O–H groups in total. The molecule has 140 valence electrons. The molecular weight excluding hydrogens is 348 g/mol. The second kappa shape index (κ2) is 7.95. The van der Waals surface area contributed by atoms with Gasteiger partial charge < -0.3 is 24.1 Å². The smallest absolute Gasteiger partial charge is 0.189 e. The number of rotatable bonds is 6. The summed E-state index contributed by atoms with van der Waals surface area (Å²) in [6, 6.07) is 10.5. The minimum atomic E-state index is -1.31. The number of ketones is 1. The maximum Gasteiger partial charge on any atom is 0.189 e. The van der Waals surface area contributed by atoms with Crippen molar-refractivity contribution in [3.8, 4) is 17.2 Å². The first-order valence-electron chi connectivity index (χ1n) is 8.44. The fraction of sp³-hybridized carbons (Fsp3) is 0.238. The number of carbonyl (C=O) groups excluding carboxylic acids is 2. The van der Waals surface area contributed by atoms with Crippen LogP contribution < -0.4 is 19.3 Å². The Kier molecular flexibility index (Phi) is 5.45. The molecule has 3 rings (SSSR count). The lowest BCUT2D eigenvalue weighted by Gasteiger charge is -2.18. The molecule has 0 atom stereocenters. The SMILES string of the molecule is COc1ccc2c(c1)CC/C(=C/c1ccc(OCC(=O)[O-])c(OC)c1)C2=O. The Morgan fingerprint density at radius 2 is 1.89 bits per heavy atom. The third-order valence-electron chi connectivity index (χ3n) is 4.39. The van der Waals surface area contributed by atoms with E-state index in [0.717, 1.165) is 23.3 Å². The van der Waals surface area contributed by atoms with Crippen LogP contribution in [0.1, 0.15) is 27.9 Å². The topological polar surface area (TPSA) is 84.9 Å². The lowest BCUT2D eigenvalue weighted by atomic mass is 9.86. The zero-order valence-corrected chi connectivity index (χ0v) is 15.1. The van der Waals surface area contributed by atoms with Gasteiger partial charge in [0.1, 0.15) is 12.4 Å². The number of aryl methyl sites for hydroxylation is 1. The van der Waals surface area contributed by atoms with Crippen molar-refractivity contribution < 1.29 is 28.9 Å². The summed E-state index contributed by atoms with van der Waals surface area (Å²) >= 11 is 0. The Bertz CT molecular complexity index is 913. The summed E-state index contributed by atoms with van der Waals surface area (Å²) in [4.78, 5) is 23.3. The van der Waals surface area contributed by atoms with Crippen molar-refractivity contribution >= 4 is 17.8 Å². The van der Waals surface area contributed by atoms with Crippen LogP contribution in [0.4, 0.5) is 0 Å². The molecule has 0 spiro atoms. The number of methoxy groups -OCH3 is 2. The van der Waals surface area contributed by atoms with E-state index in [-0.39, 0.29) is 5.78 Å². The van der Waals surface area contributed by atoms with Crippen LogP contribution >= 0.6 is 0 Å². The molecule has 0 radical (unpaired) electrons. The number of carbonyl (C=O) groups is 2. The summed E-state index contributed by atoms with van der Waals surface area (Å²) in [5, 5.41) is 10.5. The van der Waals surface area contributed by atoms with E-state index in [1.54, 1.807) is 37.4 Å². The highest BCUT2D eigenvalue weighted by molar-refractivity contribution is 6.13. The number of ether oxygens (including phenoxy) is 3. The van der Waals surface area contributed by atoms with E-state index in [0.29, 0.717) is 29.1 Å². The number of Topliss-reactive ketones (excluding diaryl/α,β-unsaturated/α-hetero) is 1. The standard InChI is InChI=1S/C21H20O6/c1-25-16-6-7-17-14(11-16)4-5-15(21(17)24)9-13-3-8-18(19(10-13)26-2)27-12-20(22)23/h3,6-11H,4-5,12H2,1-2H3,(H,22,23)/p-1/b15-9-. The normalized spacial score (nSPS) is 14.6. The number of benzene rings is 2. The molecule has 0 saturated heterocycles. The number of carboxylic acids is 1. The van der Waals surface area contributed by atoms with Crippen molar-refractivity contribution in [3.05, 3.63) is 58.7 Å². The monoisotopic (exact) mass is 367 g/mol. The van der Waals surface area contributed by atoms with Crippen molar-refractivity contribution in [3.63, 3.8) is 0 Å². The fourth-order valence-corrected chi connectivity index (χ4v) is 3.05. The first-order chi connectivity index (χ1) is 13.0. The zero-order chi connectivity index (χ0) is 19.4. The van der Waals surface area contributed by atoms with Gasteiger partial charge in [-0.2, -0.15) is 0 Å². The molecule has 1 aliphatic carbocycles. The van der Waals surface area contributed by atoms with E-state index >= 15 is 0 Å². The molecule has 6 heteroatoms. The molecule has 0 aliphatic heterocycles. The van der Waals surface area contributed by atoms with Gasteiger partial charge in [0.25, 0.3) is 0 Å². The molecule has 0 unspecified atom stereocenters. The highest BCUT2D eigenvalue weighted by atomic mass is 16.5. The summed E-state index contributed by atoms with van der Waals surface area (Å²) < 4.78 is 15.6. The first kappa shape index (κ1) is 18.5. The van der Waals surface area contributed by atoms with Crippen molar-refractivity contribution in [2.75, 3.05) is 20.8 Å². The average Bonchev–Trinajstić information content (AvgIpc) is 2.68. The van der Waals surface area contributed by atoms with E-state index in [1.165, 1.54) is 7.11 Å². The third kappa shape index (κ3) is 4.11. The summed E-state index contributed by atoms with van der Waals surface area (Å²) in [7, 11) is 3.07. The summed E-state index contributed by atoms with van der Waals surface area (Å²) in [6.45, 7) is -0.560. The Labute approximate surface area is 157 Å². The molecule has 0 heterocycles. The highest BCUT2D eigenvalue weighted by Crippen LogP contribution is 2.32. The summed E-state index contributed by atoms with van der Waals surface area (Å²) in [5.41, 5.74) is 3.15. The van der Waals surface area contributed by atoms with Crippen LogP contribution in [-0.2, 0) is 11.2 Å². The zero-order valence-electron chi connectivity index (χ0n) is 15.1. The van der Waals surface area contributed by atoms with Gasteiger partial charge in [-0.15, -0.1) is 0 Å². The van der Waals surface area contributed by atoms with Gasteiger partial charge in [-0.25, -0.2) is 0 Å². The van der Waals surface area contributed by atoms with Crippen molar-refractivity contribution in [2.24, 2.45) is 0 Å². The molecule has 6 nitrogen and oxygen atoms in total. The Morgan fingerprint density at radius 3 is 2.59 bits per heavy atom. The average molecular weight is 367 g/mol. The predicted molar refractivity (Wildman–Crippen MR) is 97.1 cm³/mol. The highest BCUT2D eigenvalue weighted by Gasteiger charge is 2.22. The molecule has 2 aromatic carbocycles. The quantitative estimate of drug-likeness (QED) is 0.727. The molecule has 0 saturated carbocycles. The molecule has 0 fully saturated rings.